The van der Waals surface area contributed by atoms with E-state index in [-0.39, 0.29) is 0 Å². The van der Waals surface area contributed by atoms with Crippen LogP contribution >= 0.6 is 11.6 Å². The summed E-state index contributed by atoms with van der Waals surface area (Å²) in [6, 6.07) is 23.9. The summed E-state index contributed by atoms with van der Waals surface area (Å²) in [4.78, 5) is 5.00. The van der Waals surface area contributed by atoms with Gasteiger partial charge in [-0.15, -0.1) is 0 Å². The number of para-hydroxylation sites is 1. The maximum atomic E-state index is 6.21. The predicted octanol–water partition coefficient (Wildman–Crippen LogP) is 6.63. The summed E-state index contributed by atoms with van der Waals surface area (Å²) in [5.74, 6) is 3.31. The van der Waals surface area contributed by atoms with Crippen LogP contribution < -0.4 is 14.8 Å². The summed E-state index contributed by atoms with van der Waals surface area (Å²) in [5, 5.41) is 4.16. The first kappa shape index (κ1) is 23.7. The molecule has 182 valence electrons. The molecule has 35 heavy (non-hydrogen) atoms. The molecule has 0 amide bonds. The molecule has 1 aliphatic rings. The zero-order valence-electron chi connectivity index (χ0n) is 20.0. The highest BCUT2D eigenvalue weighted by Crippen LogP contribution is 2.29. The lowest BCUT2D eigenvalue weighted by molar-refractivity contribution is 0.287. The first-order valence-corrected chi connectivity index (χ1v) is 12.9. The van der Waals surface area contributed by atoms with E-state index in [0.717, 1.165) is 65.9 Å². The number of hydrogen-bond donors (Lipinski definition) is 1. The number of imidazole rings is 1. The van der Waals surface area contributed by atoms with Crippen molar-refractivity contribution in [3.05, 3.63) is 89.2 Å². The maximum absolute atomic E-state index is 6.21. The fraction of sp³-hybridized carbons (Fsp3) is 0.345. The van der Waals surface area contributed by atoms with Crippen LogP contribution in [0.4, 0.5) is 0 Å². The third-order valence-electron chi connectivity index (χ3n) is 6.69. The lowest BCUT2D eigenvalue weighted by atomic mass is 9.93. The molecule has 5 rings (SSSR count). The van der Waals surface area contributed by atoms with Gasteiger partial charge in [-0.3, -0.25) is 0 Å². The number of aryl methyl sites for hydroxylation is 1. The molecule has 5 nitrogen and oxygen atoms in total. The molecule has 0 aliphatic carbocycles. The topological polar surface area (TPSA) is 48.3 Å². The number of halogens is 1. The largest absolute Gasteiger partial charge is 0.487 e. The Kier molecular flexibility index (Phi) is 7.86. The molecule has 3 aromatic carbocycles. The third kappa shape index (κ3) is 6.16. The van der Waals surface area contributed by atoms with Gasteiger partial charge in [-0.1, -0.05) is 48.0 Å². The van der Waals surface area contributed by atoms with Gasteiger partial charge in [0.2, 0.25) is 0 Å². The van der Waals surface area contributed by atoms with Crippen molar-refractivity contribution in [1.29, 1.82) is 0 Å². The molecule has 0 bridgehead atoms. The Bertz CT molecular complexity index is 1220. The number of aromatic nitrogens is 2. The number of nitrogens with one attached hydrogen (secondary N) is 1. The molecule has 0 atom stereocenters. The number of hydrogen-bond acceptors (Lipinski definition) is 4. The summed E-state index contributed by atoms with van der Waals surface area (Å²) in [7, 11) is 0. The molecular formula is C29H32ClN3O2. The molecule has 0 unspecified atom stereocenters. The highest BCUT2D eigenvalue weighted by molar-refractivity contribution is 6.30. The van der Waals surface area contributed by atoms with Crippen molar-refractivity contribution in [1.82, 2.24) is 14.9 Å². The fourth-order valence-corrected chi connectivity index (χ4v) is 4.89. The van der Waals surface area contributed by atoms with Crippen molar-refractivity contribution in [2.45, 2.75) is 45.4 Å². The van der Waals surface area contributed by atoms with Crippen LogP contribution in [-0.4, -0.2) is 22.6 Å². The Morgan fingerprint density at radius 3 is 2.49 bits per heavy atom. The van der Waals surface area contributed by atoms with Crippen molar-refractivity contribution in [2.75, 3.05) is 13.1 Å². The number of fused-ring (bicyclic) bond motifs is 1. The van der Waals surface area contributed by atoms with Crippen LogP contribution in [0.25, 0.3) is 11.0 Å². The van der Waals surface area contributed by atoms with Crippen LogP contribution in [0.3, 0.4) is 0 Å². The number of nitrogens with zero attached hydrogens (tertiary/aromatic N) is 2. The van der Waals surface area contributed by atoms with Crippen molar-refractivity contribution in [3.63, 3.8) is 0 Å². The van der Waals surface area contributed by atoms with Gasteiger partial charge in [-0.2, -0.15) is 0 Å². The Hall–Kier alpha value is -3.02. The van der Waals surface area contributed by atoms with E-state index in [1.165, 1.54) is 19.3 Å². The van der Waals surface area contributed by atoms with Crippen LogP contribution in [-0.2, 0) is 19.8 Å². The molecule has 1 N–H and O–H groups in total. The van der Waals surface area contributed by atoms with Crippen LogP contribution in [0.15, 0.2) is 72.8 Å². The van der Waals surface area contributed by atoms with E-state index in [4.69, 9.17) is 26.1 Å². The number of rotatable bonds is 10. The zero-order valence-corrected chi connectivity index (χ0v) is 20.7. The Morgan fingerprint density at radius 2 is 1.69 bits per heavy atom. The van der Waals surface area contributed by atoms with Gasteiger partial charge in [0.25, 0.3) is 0 Å². The van der Waals surface area contributed by atoms with E-state index < -0.39 is 0 Å². The minimum Gasteiger partial charge on any atom is -0.487 e. The molecule has 0 saturated carbocycles. The average Bonchev–Trinajstić information content (AvgIpc) is 3.26. The van der Waals surface area contributed by atoms with E-state index in [1.807, 2.05) is 48.5 Å². The quantitative estimate of drug-likeness (QED) is 0.271. The second kappa shape index (κ2) is 11.6. The second-order valence-corrected chi connectivity index (χ2v) is 9.59. The summed E-state index contributed by atoms with van der Waals surface area (Å²) >= 11 is 6.03. The van der Waals surface area contributed by atoms with Gasteiger partial charge in [0, 0.05) is 11.6 Å². The van der Waals surface area contributed by atoms with Gasteiger partial charge in [0.15, 0.2) is 0 Å². The van der Waals surface area contributed by atoms with Crippen molar-refractivity contribution < 1.29 is 9.47 Å². The van der Waals surface area contributed by atoms with Crippen LogP contribution in [0.2, 0.25) is 5.02 Å². The molecule has 0 radical (unpaired) electrons. The second-order valence-electron chi connectivity index (χ2n) is 9.16. The van der Waals surface area contributed by atoms with E-state index in [1.54, 1.807) is 0 Å². The summed E-state index contributed by atoms with van der Waals surface area (Å²) in [6.45, 7) is 4.10. The lowest BCUT2D eigenvalue weighted by Crippen LogP contribution is -2.27. The highest BCUT2D eigenvalue weighted by atomic mass is 35.5. The lowest BCUT2D eigenvalue weighted by Gasteiger charge is -2.22. The molecular weight excluding hydrogens is 458 g/mol. The van der Waals surface area contributed by atoms with Gasteiger partial charge in [-0.25, -0.2) is 4.98 Å². The van der Waals surface area contributed by atoms with E-state index in [2.05, 4.69) is 34.1 Å². The molecule has 0 spiro atoms. The van der Waals surface area contributed by atoms with Crippen LogP contribution in [0, 0.1) is 5.92 Å². The predicted molar refractivity (Wildman–Crippen MR) is 141 cm³/mol. The Morgan fingerprint density at radius 1 is 0.886 bits per heavy atom. The zero-order chi connectivity index (χ0) is 23.9. The number of piperidine rings is 1. The van der Waals surface area contributed by atoms with Gasteiger partial charge in [0.05, 0.1) is 5.52 Å². The maximum Gasteiger partial charge on any atom is 0.148 e. The average molecular weight is 490 g/mol. The van der Waals surface area contributed by atoms with Gasteiger partial charge < -0.3 is 19.4 Å². The standard InChI is InChI=1S/C29H32ClN3O2/c30-24-11-13-25(14-12-24)34-21-28-32-29-26(33(28)19-5-8-22-15-17-31-18-16-22)9-4-10-27(29)35-20-23-6-2-1-3-7-23/h1-4,6-7,9-14,22,31H,5,8,15-21H2. The van der Waals surface area contributed by atoms with E-state index >= 15 is 0 Å². The molecule has 2 heterocycles. The molecule has 1 saturated heterocycles. The Labute approximate surface area is 212 Å². The van der Waals surface area contributed by atoms with Gasteiger partial charge in [0.1, 0.15) is 36.1 Å². The van der Waals surface area contributed by atoms with Crippen LogP contribution in [0.1, 0.15) is 37.1 Å². The summed E-state index contributed by atoms with van der Waals surface area (Å²) in [6.07, 6.45) is 4.91. The van der Waals surface area contributed by atoms with Gasteiger partial charge in [-0.05, 0) is 86.7 Å². The molecule has 4 aromatic rings. The van der Waals surface area contributed by atoms with Crippen molar-refractivity contribution >= 4 is 22.6 Å². The highest BCUT2D eigenvalue weighted by Gasteiger charge is 2.17. The Balaban J connectivity index is 1.36. The minimum absolute atomic E-state index is 0.391. The molecule has 1 fully saturated rings. The third-order valence-corrected chi connectivity index (χ3v) is 6.94. The number of benzene rings is 3. The van der Waals surface area contributed by atoms with Crippen molar-refractivity contribution in [3.8, 4) is 11.5 Å². The fourth-order valence-electron chi connectivity index (χ4n) is 4.77. The molecule has 6 heteroatoms. The summed E-state index contributed by atoms with van der Waals surface area (Å²) < 4.78 is 14.6. The van der Waals surface area contributed by atoms with E-state index in [9.17, 15) is 0 Å². The van der Waals surface area contributed by atoms with Crippen molar-refractivity contribution in [2.24, 2.45) is 5.92 Å². The first-order valence-electron chi connectivity index (χ1n) is 12.5. The minimum atomic E-state index is 0.391. The SMILES string of the molecule is Clc1ccc(OCc2nc3c(OCc4ccccc4)cccc3n2CCCC2CCNCC2)cc1. The summed E-state index contributed by atoms with van der Waals surface area (Å²) in [5.41, 5.74) is 3.12. The monoisotopic (exact) mass is 489 g/mol. The number of ether oxygens (including phenoxy) is 2. The van der Waals surface area contributed by atoms with Gasteiger partial charge >= 0.3 is 0 Å². The smallest absolute Gasteiger partial charge is 0.148 e. The first-order chi connectivity index (χ1) is 17.3. The van der Waals surface area contributed by atoms with Crippen LogP contribution in [0.5, 0.6) is 11.5 Å². The van der Waals surface area contributed by atoms with E-state index in [0.29, 0.717) is 18.2 Å². The molecule has 1 aliphatic heterocycles. The molecule has 1 aromatic heterocycles. The normalized spacial score (nSPS) is 14.3.